The highest BCUT2D eigenvalue weighted by atomic mass is 35.5. The number of aliphatic hydroxyl groups is 1. The Bertz CT molecular complexity index is 455. The van der Waals surface area contributed by atoms with E-state index in [4.69, 9.17) is 27.9 Å². The van der Waals surface area contributed by atoms with Crippen LogP contribution in [0.4, 0.5) is 0 Å². The fourth-order valence-electron chi connectivity index (χ4n) is 2.17. The summed E-state index contributed by atoms with van der Waals surface area (Å²) in [5, 5.41) is 13.7. The van der Waals surface area contributed by atoms with Gasteiger partial charge < -0.3 is 15.2 Å². The van der Waals surface area contributed by atoms with Gasteiger partial charge in [-0.2, -0.15) is 0 Å². The predicted octanol–water partition coefficient (Wildman–Crippen LogP) is 2.57. The second kappa shape index (κ2) is 7.27. The minimum absolute atomic E-state index is 0.0862. The Labute approximate surface area is 128 Å². The Kier molecular flexibility index (Phi) is 5.66. The lowest BCUT2D eigenvalue weighted by molar-refractivity contribution is -0.129. The van der Waals surface area contributed by atoms with Crippen LogP contribution < -0.4 is 5.32 Å². The quantitative estimate of drug-likeness (QED) is 0.897. The van der Waals surface area contributed by atoms with Gasteiger partial charge in [-0.15, -0.1) is 0 Å². The smallest absolute Gasteiger partial charge is 0.225 e. The number of hydrogen-bond donors (Lipinski definition) is 2. The predicted molar refractivity (Wildman–Crippen MR) is 78.0 cm³/mol. The Morgan fingerprint density at radius 3 is 2.70 bits per heavy atom. The normalized spacial score (nSPS) is 20.4. The number of carbonyl (C=O) groups is 1. The topological polar surface area (TPSA) is 58.6 Å². The van der Waals surface area contributed by atoms with Gasteiger partial charge in [-0.05, 0) is 36.6 Å². The van der Waals surface area contributed by atoms with E-state index >= 15 is 0 Å². The molecule has 1 saturated heterocycles. The van der Waals surface area contributed by atoms with E-state index in [0.717, 1.165) is 12.8 Å². The van der Waals surface area contributed by atoms with Gasteiger partial charge in [0, 0.05) is 23.2 Å². The fraction of sp³-hybridized carbons (Fsp3) is 0.500. The van der Waals surface area contributed by atoms with E-state index < -0.39 is 6.10 Å². The van der Waals surface area contributed by atoms with E-state index in [9.17, 15) is 9.90 Å². The minimum atomic E-state index is -0.834. The highest BCUT2D eigenvalue weighted by Crippen LogP contribution is 2.23. The van der Waals surface area contributed by atoms with Gasteiger partial charge in [0.2, 0.25) is 5.91 Å². The van der Waals surface area contributed by atoms with Crippen LogP contribution >= 0.6 is 23.2 Å². The van der Waals surface area contributed by atoms with Crippen LogP contribution in [0.5, 0.6) is 0 Å². The lowest BCUT2D eigenvalue weighted by Gasteiger charge is -2.22. The molecule has 6 heteroatoms. The average molecular weight is 318 g/mol. The minimum Gasteiger partial charge on any atom is -0.387 e. The van der Waals surface area contributed by atoms with Crippen molar-refractivity contribution in [2.75, 3.05) is 19.8 Å². The summed E-state index contributed by atoms with van der Waals surface area (Å²) in [6, 6.07) is 4.86. The first-order valence-corrected chi connectivity index (χ1v) is 7.31. The van der Waals surface area contributed by atoms with E-state index in [1.807, 2.05) is 0 Å². The molecule has 1 aliphatic heterocycles. The van der Waals surface area contributed by atoms with Crippen LogP contribution in [0.2, 0.25) is 10.0 Å². The maximum absolute atomic E-state index is 11.9. The molecule has 2 N–H and O–H groups in total. The van der Waals surface area contributed by atoms with Crippen molar-refractivity contribution in [3.8, 4) is 0 Å². The SMILES string of the molecule is O=C(NCC(O)c1cc(Cl)cc(Cl)c1)C1CCCOC1. The van der Waals surface area contributed by atoms with Gasteiger partial charge in [-0.25, -0.2) is 0 Å². The van der Waals surface area contributed by atoms with E-state index in [2.05, 4.69) is 5.32 Å². The molecule has 2 unspecified atom stereocenters. The molecule has 1 aromatic carbocycles. The second-order valence-electron chi connectivity index (χ2n) is 4.88. The second-order valence-corrected chi connectivity index (χ2v) is 5.75. The van der Waals surface area contributed by atoms with E-state index in [1.165, 1.54) is 0 Å². The molecule has 0 aromatic heterocycles. The van der Waals surface area contributed by atoms with Gasteiger partial charge in [-0.1, -0.05) is 23.2 Å². The summed E-state index contributed by atoms with van der Waals surface area (Å²) in [7, 11) is 0. The van der Waals surface area contributed by atoms with Crippen LogP contribution in [-0.2, 0) is 9.53 Å². The number of rotatable bonds is 4. The number of benzene rings is 1. The summed E-state index contributed by atoms with van der Waals surface area (Å²) >= 11 is 11.8. The number of aliphatic hydroxyl groups excluding tert-OH is 1. The first-order chi connectivity index (χ1) is 9.56. The highest BCUT2D eigenvalue weighted by Gasteiger charge is 2.22. The average Bonchev–Trinajstić information content (AvgIpc) is 2.44. The Hall–Kier alpha value is -0.810. The molecule has 20 heavy (non-hydrogen) atoms. The van der Waals surface area contributed by atoms with E-state index in [1.54, 1.807) is 18.2 Å². The first kappa shape index (κ1) is 15.6. The lowest BCUT2D eigenvalue weighted by Crippen LogP contribution is -2.37. The third-order valence-electron chi connectivity index (χ3n) is 3.27. The summed E-state index contributed by atoms with van der Waals surface area (Å²) in [5.41, 5.74) is 0.586. The van der Waals surface area contributed by atoms with Crippen molar-refractivity contribution >= 4 is 29.1 Å². The largest absolute Gasteiger partial charge is 0.387 e. The van der Waals surface area contributed by atoms with Crippen LogP contribution in [0, 0.1) is 5.92 Å². The van der Waals surface area contributed by atoms with Crippen LogP contribution in [0.3, 0.4) is 0 Å². The number of hydrogen-bond acceptors (Lipinski definition) is 3. The van der Waals surface area contributed by atoms with E-state index in [-0.39, 0.29) is 18.4 Å². The molecule has 1 heterocycles. The molecule has 0 spiro atoms. The molecule has 1 aliphatic rings. The van der Waals surface area contributed by atoms with Gasteiger partial charge in [0.25, 0.3) is 0 Å². The van der Waals surface area contributed by atoms with Gasteiger partial charge in [0.15, 0.2) is 0 Å². The zero-order valence-electron chi connectivity index (χ0n) is 10.9. The molecule has 0 radical (unpaired) electrons. The summed E-state index contributed by atoms with van der Waals surface area (Å²) in [6.07, 6.45) is 0.884. The molecule has 1 amide bonds. The molecule has 4 nitrogen and oxygen atoms in total. The van der Waals surface area contributed by atoms with Gasteiger partial charge >= 0.3 is 0 Å². The summed E-state index contributed by atoms with van der Waals surface area (Å²) in [4.78, 5) is 11.9. The molecule has 0 saturated carbocycles. The van der Waals surface area contributed by atoms with Gasteiger partial charge in [0.1, 0.15) is 0 Å². The number of amides is 1. The summed E-state index contributed by atoms with van der Waals surface area (Å²) in [5.74, 6) is -0.212. The summed E-state index contributed by atoms with van der Waals surface area (Å²) in [6.45, 7) is 1.30. The molecular weight excluding hydrogens is 301 g/mol. The first-order valence-electron chi connectivity index (χ1n) is 6.56. The number of nitrogens with one attached hydrogen (secondary N) is 1. The number of halogens is 2. The van der Waals surface area contributed by atoms with Gasteiger partial charge in [0.05, 0.1) is 18.6 Å². The summed E-state index contributed by atoms with van der Waals surface area (Å²) < 4.78 is 5.27. The maximum atomic E-state index is 11.9. The van der Waals surface area contributed by atoms with Crippen LogP contribution in [-0.4, -0.2) is 30.8 Å². The van der Waals surface area contributed by atoms with Crippen LogP contribution in [0.15, 0.2) is 18.2 Å². The van der Waals surface area contributed by atoms with E-state index in [0.29, 0.717) is 28.8 Å². The van der Waals surface area contributed by atoms with Crippen molar-refractivity contribution in [1.29, 1.82) is 0 Å². The van der Waals surface area contributed by atoms with Crippen LogP contribution in [0.1, 0.15) is 24.5 Å². The molecule has 2 atom stereocenters. The molecule has 1 fully saturated rings. The van der Waals surface area contributed by atoms with Crippen molar-refractivity contribution in [1.82, 2.24) is 5.32 Å². The monoisotopic (exact) mass is 317 g/mol. The molecule has 0 aliphatic carbocycles. The molecule has 1 aromatic rings. The van der Waals surface area contributed by atoms with Gasteiger partial charge in [-0.3, -0.25) is 4.79 Å². The fourth-order valence-corrected chi connectivity index (χ4v) is 2.72. The Morgan fingerprint density at radius 1 is 1.40 bits per heavy atom. The van der Waals surface area contributed by atoms with Crippen molar-refractivity contribution in [2.24, 2.45) is 5.92 Å². The maximum Gasteiger partial charge on any atom is 0.225 e. The Balaban J connectivity index is 1.87. The Morgan fingerprint density at radius 2 is 2.10 bits per heavy atom. The number of ether oxygens (including phenoxy) is 1. The highest BCUT2D eigenvalue weighted by molar-refractivity contribution is 6.34. The zero-order chi connectivity index (χ0) is 14.5. The molecule has 110 valence electrons. The zero-order valence-corrected chi connectivity index (χ0v) is 12.5. The third kappa shape index (κ3) is 4.35. The molecular formula is C14H17Cl2NO3. The van der Waals surface area contributed by atoms with Crippen molar-refractivity contribution < 1.29 is 14.6 Å². The third-order valence-corrected chi connectivity index (χ3v) is 3.71. The lowest BCUT2D eigenvalue weighted by atomic mass is 10.0. The van der Waals surface area contributed by atoms with Crippen LogP contribution in [0.25, 0.3) is 0 Å². The standard InChI is InChI=1S/C14H17Cl2NO3/c15-11-4-10(5-12(16)6-11)13(18)7-17-14(19)9-2-1-3-20-8-9/h4-6,9,13,18H,1-3,7-8H2,(H,17,19). The van der Waals surface area contributed by atoms with Crippen molar-refractivity contribution in [3.05, 3.63) is 33.8 Å². The van der Waals surface area contributed by atoms with Crippen molar-refractivity contribution in [2.45, 2.75) is 18.9 Å². The number of carbonyl (C=O) groups excluding carboxylic acids is 1. The van der Waals surface area contributed by atoms with Crippen molar-refractivity contribution in [3.63, 3.8) is 0 Å². The molecule has 2 rings (SSSR count). The molecule has 0 bridgehead atoms.